The summed E-state index contributed by atoms with van der Waals surface area (Å²) in [5.74, 6) is -3.80. The van der Waals surface area contributed by atoms with Crippen LogP contribution in [0.4, 0.5) is 0 Å². The van der Waals surface area contributed by atoms with Crippen molar-refractivity contribution in [1.82, 2.24) is 26.2 Å². The Morgan fingerprint density at radius 2 is 1.61 bits per heavy atom. The van der Waals surface area contributed by atoms with Crippen LogP contribution in [0.5, 0.6) is 0 Å². The first-order valence-electron chi connectivity index (χ1n) is 14.0. The van der Waals surface area contributed by atoms with Crippen LogP contribution >= 0.6 is 0 Å². The summed E-state index contributed by atoms with van der Waals surface area (Å²) in [6.45, 7) is 2.46. The fourth-order valence-electron chi connectivity index (χ4n) is 5.04. The maximum atomic E-state index is 12.8. The van der Waals surface area contributed by atoms with Crippen molar-refractivity contribution in [2.24, 2.45) is 11.8 Å². The minimum Gasteiger partial charge on any atom is -0.480 e. The number of carboxylic acids is 2. The number of aliphatic carboxylic acids is 1. The number of piperidine rings is 2. The number of hydrogen-bond donors (Lipinski definition) is 6. The van der Waals surface area contributed by atoms with Crippen LogP contribution in [0.3, 0.4) is 0 Å². The fraction of sp³-hybridized carbons (Fsp3) is 0.571. The maximum absolute atomic E-state index is 12.8. The Morgan fingerprint density at radius 1 is 0.927 bits per heavy atom. The zero-order valence-corrected chi connectivity index (χ0v) is 23.0. The number of nitrogens with zero attached hydrogens (tertiary/aromatic N) is 1. The number of benzene rings is 1. The molecule has 4 amide bonds. The van der Waals surface area contributed by atoms with Crippen LogP contribution in [0.25, 0.3) is 0 Å². The van der Waals surface area contributed by atoms with Gasteiger partial charge in [-0.05, 0) is 75.4 Å². The number of rotatable bonds is 13. The van der Waals surface area contributed by atoms with Crippen molar-refractivity contribution in [3.8, 4) is 0 Å². The van der Waals surface area contributed by atoms with E-state index >= 15 is 0 Å². The minimum atomic E-state index is -1.36. The van der Waals surface area contributed by atoms with E-state index in [2.05, 4.69) is 21.3 Å². The standard InChI is InChI=1S/C28H39N5O8/c34-23(11-14-30-25(36)19-4-6-20(7-5-19)27(38)39)32-22(28(40)41)16-31-26(37)21-2-1-15-33(17-21)24(35)8-3-18-9-12-29-13-10-18/h4-7,18,21-22,29H,1-3,8-17H2,(H,30,36)(H,31,37)(H,32,34)(H,38,39)(H,40,41)/t21-,22?/m1/s1. The van der Waals surface area contributed by atoms with Crippen molar-refractivity contribution in [1.29, 1.82) is 0 Å². The first-order chi connectivity index (χ1) is 19.6. The van der Waals surface area contributed by atoms with E-state index in [1.807, 2.05) is 0 Å². The van der Waals surface area contributed by atoms with Crippen molar-refractivity contribution in [3.05, 3.63) is 35.4 Å². The van der Waals surface area contributed by atoms with Gasteiger partial charge in [-0.2, -0.15) is 0 Å². The van der Waals surface area contributed by atoms with Gasteiger partial charge < -0.3 is 36.4 Å². The summed E-state index contributed by atoms with van der Waals surface area (Å²) in [7, 11) is 0. The third-order valence-electron chi connectivity index (χ3n) is 7.52. The summed E-state index contributed by atoms with van der Waals surface area (Å²) in [6, 6.07) is 3.90. The summed E-state index contributed by atoms with van der Waals surface area (Å²) in [5, 5.41) is 29.2. The molecule has 1 aromatic rings. The molecular weight excluding hydrogens is 534 g/mol. The van der Waals surface area contributed by atoms with Crippen LogP contribution in [0, 0.1) is 11.8 Å². The number of carboxylic acid groups (broad SMARTS) is 2. The van der Waals surface area contributed by atoms with E-state index in [1.165, 1.54) is 24.3 Å². The lowest BCUT2D eigenvalue weighted by Crippen LogP contribution is -2.51. The number of carbonyl (C=O) groups excluding carboxylic acids is 4. The Bertz CT molecular complexity index is 1100. The third kappa shape index (κ3) is 10.2. The maximum Gasteiger partial charge on any atom is 0.335 e. The molecule has 1 unspecified atom stereocenters. The van der Waals surface area contributed by atoms with Crippen molar-refractivity contribution < 1.29 is 39.0 Å². The van der Waals surface area contributed by atoms with E-state index in [4.69, 9.17) is 5.11 Å². The second-order valence-electron chi connectivity index (χ2n) is 10.5. The van der Waals surface area contributed by atoms with E-state index in [0.29, 0.717) is 38.3 Å². The van der Waals surface area contributed by atoms with Crippen molar-refractivity contribution in [2.45, 2.75) is 51.0 Å². The molecule has 224 valence electrons. The van der Waals surface area contributed by atoms with E-state index in [-0.39, 0.29) is 42.5 Å². The molecule has 2 fully saturated rings. The highest BCUT2D eigenvalue weighted by molar-refractivity contribution is 5.96. The van der Waals surface area contributed by atoms with Crippen LogP contribution in [0.15, 0.2) is 24.3 Å². The van der Waals surface area contributed by atoms with Gasteiger partial charge in [0.2, 0.25) is 17.7 Å². The number of carbonyl (C=O) groups is 6. The average Bonchev–Trinajstić information content (AvgIpc) is 2.98. The van der Waals surface area contributed by atoms with Crippen LogP contribution in [-0.2, 0) is 19.2 Å². The largest absolute Gasteiger partial charge is 0.480 e. The van der Waals surface area contributed by atoms with Gasteiger partial charge in [-0.15, -0.1) is 0 Å². The van der Waals surface area contributed by atoms with Gasteiger partial charge in [0.25, 0.3) is 5.91 Å². The van der Waals surface area contributed by atoms with Gasteiger partial charge in [0.05, 0.1) is 11.5 Å². The molecule has 13 heteroatoms. The highest BCUT2D eigenvalue weighted by atomic mass is 16.4. The van der Waals surface area contributed by atoms with E-state index < -0.39 is 35.7 Å². The molecule has 13 nitrogen and oxygen atoms in total. The van der Waals surface area contributed by atoms with Crippen LogP contribution in [0.1, 0.15) is 65.7 Å². The molecule has 2 saturated heterocycles. The normalized spacial score (nSPS) is 18.1. The van der Waals surface area contributed by atoms with Gasteiger partial charge in [-0.3, -0.25) is 19.2 Å². The van der Waals surface area contributed by atoms with Crippen molar-refractivity contribution >= 4 is 35.6 Å². The van der Waals surface area contributed by atoms with Gasteiger partial charge >= 0.3 is 11.9 Å². The summed E-state index contributed by atoms with van der Waals surface area (Å²) in [5.41, 5.74) is 0.247. The molecule has 0 aromatic heterocycles. The number of amides is 4. The molecule has 2 aliphatic heterocycles. The first kappa shape index (κ1) is 31.5. The molecule has 2 aliphatic rings. The highest BCUT2D eigenvalue weighted by Crippen LogP contribution is 2.21. The van der Waals surface area contributed by atoms with Gasteiger partial charge in [0, 0.05) is 44.6 Å². The smallest absolute Gasteiger partial charge is 0.335 e. The lowest BCUT2D eigenvalue weighted by Gasteiger charge is -2.33. The van der Waals surface area contributed by atoms with Gasteiger partial charge in [-0.25, -0.2) is 9.59 Å². The topological polar surface area (TPSA) is 194 Å². The molecule has 2 heterocycles. The first-order valence-corrected chi connectivity index (χ1v) is 14.0. The lowest BCUT2D eigenvalue weighted by molar-refractivity contribution is -0.142. The summed E-state index contributed by atoms with van der Waals surface area (Å²) < 4.78 is 0. The van der Waals surface area contributed by atoms with Crippen molar-refractivity contribution in [3.63, 3.8) is 0 Å². The van der Waals surface area contributed by atoms with E-state index in [1.54, 1.807) is 4.90 Å². The van der Waals surface area contributed by atoms with Gasteiger partial charge in [-0.1, -0.05) is 0 Å². The molecule has 1 aromatic carbocycles. The highest BCUT2D eigenvalue weighted by Gasteiger charge is 2.30. The summed E-state index contributed by atoms with van der Waals surface area (Å²) in [4.78, 5) is 74.3. The summed E-state index contributed by atoms with van der Waals surface area (Å²) >= 11 is 0. The predicted molar refractivity (Wildman–Crippen MR) is 147 cm³/mol. The Morgan fingerprint density at radius 3 is 2.27 bits per heavy atom. The zero-order chi connectivity index (χ0) is 29.8. The fourth-order valence-corrected chi connectivity index (χ4v) is 5.04. The van der Waals surface area contributed by atoms with Crippen LogP contribution in [0.2, 0.25) is 0 Å². The molecule has 3 rings (SSSR count). The average molecular weight is 574 g/mol. The third-order valence-corrected chi connectivity index (χ3v) is 7.52. The molecule has 0 aliphatic carbocycles. The number of aromatic carboxylic acids is 1. The zero-order valence-electron chi connectivity index (χ0n) is 23.0. The predicted octanol–water partition coefficient (Wildman–Crippen LogP) is 0.209. The molecule has 0 radical (unpaired) electrons. The SMILES string of the molecule is O=C(CCNC(=O)c1ccc(C(=O)O)cc1)NC(CNC(=O)[C@@H]1CCCN(C(=O)CCC2CCNCC2)C1)C(=O)O. The van der Waals surface area contributed by atoms with Crippen molar-refractivity contribution in [2.75, 3.05) is 39.3 Å². The molecule has 0 saturated carbocycles. The molecule has 0 spiro atoms. The molecule has 2 atom stereocenters. The minimum absolute atomic E-state index is 0.0324. The molecular formula is C28H39N5O8. The van der Waals surface area contributed by atoms with Crippen LogP contribution < -0.4 is 21.3 Å². The van der Waals surface area contributed by atoms with E-state index in [0.717, 1.165) is 32.4 Å². The Balaban J connectivity index is 1.38. The second-order valence-corrected chi connectivity index (χ2v) is 10.5. The monoisotopic (exact) mass is 573 g/mol. The van der Waals surface area contributed by atoms with Gasteiger partial charge in [0.15, 0.2) is 0 Å². The number of nitrogens with one attached hydrogen (secondary N) is 4. The molecule has 0 bridgehead atoms. The lowest BCUT2D eigenvalue weighted by atomic mass is 9.92. The van der Waals surface area contributed by atoms with Gasteiger partial charge in [0.1, 0.15) is 6.04 Å². The second kappa shape index (κ2) is 15.7. The Kier molecular flexibility index (Phi) is 12.1. The summed E-state index contributed by atoms with van der Waals surface area (Å²) in [6.07, 6.45) is 4.52. The quantitative estimate of drug-likeness (QED) is 0.191. The van der Waals surface area contributed by atoms with Crippen LogP contribution in [-0.4, -0.2) is 96.0 Å². The molecule has 6 N–H and O–H groups in total. The van der Waals surface area contributed by atoms with E-state index in [9.17, 15) is 33.9 Å². The number of hydrogen-bond acceptors (Lipinski definition) is 7. The Labute approximate surface area is 238 Å². The number of likely N-dealkylation sites (tertiary alicyclic amines) is 1. The Hall–Kier alpha value is -4.00. The molecule has 41 heavy (non-hydrogen) atoms.